The highest BCUT2D eigenvalue weighted by Crippen LogP contribution is 2.25. The van der Waals surface area contributed by atoms with Gasteiger partial charge in [0.25, 0.3) is 0 Å². The molecule has 7 heteroatoms. The zero-order valence-corrected chi connectivity index (χ0v) is 14.7. The van der Waals surface area contributed by atoms with E-state index in [1.54, 1.807) is 43.4 Å². The average Bonchev–Trinajstić information content (AvgIpc) is 2.55. The Kier molecular flexibility index (Phi) is 5.28. The number of nitrogens with one attached hydrogen (secondary N) is 1. The number of nitrogens with zero attached hydrogens (tertiary/aromatic N) is 2. The first kappa shape index (κ1) is 17.3. The van der Waals surface area contributed by atoms with Crippen LogP contribution in [0.1, 0.15) is 5.56 Å². The van der Waals surface area contributed by atoms with E-state index in [0.29, 0.717) is 15.6 Å². The lowest BCUT2D eigenvalue weighted by Gasteiger charge is -2.24. The minimum Gasteiger partial charge on any atom is -0.339 e. The van der Waals surface area contributed by atoms with Crippen molar-refractivity contribution >= 4 is 33.2 Å². The molecule has 0 fully saturated rings. The summed E-state index contributed by atoms with van der Waals surface area (Å²) in [7, 11) is -0.0529. The number of hydrogen-bond donors (Lipinski definition) is 1. The molecule has 0 aromatic heterocycles. The molecule has 2 aromatic rings. The SMILES string of the molecule is CNC(=O)N=S(=O)(c1ccc(C)cc1)N(C)c1ccc(Cl)cc1. The summed E-state index contributed by atoms with van der Waals surface area (Å²) in [6.45, 7) is 1.93. The predicted molar refractivity (Wildman–Crippen MR) is 94.3 cm³/mol. The first-order valence-electron chi connectivity index (χ1n) is 6.92. The quantitative estimate of drug-likeness (QED) is 0.912. The molecule has 0 heterocycles. The molecule has 1 atom stereocenters. The topological polar surface area (TPSA) is 61.8 Å². The molecule has 0 saturated heterocycles. The zero-order valence-electron chi connectivity index (χ0n) is 13.1. The number of anilines is 1. The minimum atomic E-state index is -3.14. The van der Waals surface area contributed by atoms with E-state index in [1.165, 1.54) is 11.4 Å². The van der Waals surface area contributed by atoms with Crippen LogP contribution in [0.3, 0.4) is 0 Å². The fourth-order valence-corrected chi connectivity index (χ4v) is 3.82. The molecular weight excluding hydrogens is 334 g/mol. The van der Waals surface area contributed by atoms with Crippen molar-refractivity contribution < 1.29 is 9.00 Å². The van der Waals surface area contributed by atoms with Gasteiger partial charge in [-0.2, -0.15) is 0 Å². The van der Waals surface area contributed by atoms with Gasteiger partial charge in [0.1, 0.15) is 0 Å². The summed E-state index contributed by atoms with van der Waals surface area (Å²) in [5, 5.41) is 2.96. The van der Waals surface area contributed by atoms with Gasteiger partial charge in [-0.3, -0.25) is 4.31 Å². The summed E-state index contributed by atoms with van der Waals surface area (Å²) in [5.74, 6) is 0. The van der Waals surface area contributed by atoms with Gasteiger partial charge in [-0.05, 0) is 43.3 Å². The van der Waals surface area contributed by atoms with E-state index >= 15 is 0 Å². The Morgan fingerprint density at radius 2 is 1.70 bits per heavy atom. The third-order valence-electron chi connectivity index (χ3n) is 3.31. The summed E-state index contributed by atoms with van der Waals surface area (Å²) in [5.41, 5.74) is 1.68. The van der Waals surface area contributed by atoms with Crippen LogP contribution in [0.25, 0.3) is 0 Å². The first-order chi connectivity index (χ1) is 10.9. The number of urea groups is 1. The van der Waals surface area contributed by atoms with Crippen molar-refractivity contribution in [3.8, 4) is 0 Å². The highest BCUT2D eigenvalue weighted by molar-refractivity contribution is 7.95. The first-order valence-corrected chi connectivity index (χ1v) is 8.77. The van der Waals surface area contributed by atoms with Crippen LogP contribution >= 0.6 is 11.6 Å². The molecule has 1 N–H and O–H groups in total. The number of aryl methyl sites for hydroxylation is 1. The van der Waals surface area contributed by atoms with Crippen molar-refractivity contribution in [1.82, 2.24) is 5.32 Å². The summed E-state index contributed by atoms with van der Waals surface area (Å²) in [6.07, 6.45) is 0. The number of carbonyl (C=O) groups is 1. The molecule has 0 spiro atoms. The number of halogens is 1. The summed E-state index contributed by atoms with van der Waals surface area (Å²) in [4.78, 5) is 12.2. The maximum absolute atomic E-state index is 13.5. The van der Waals surface area contributed by atoms with Gasteiger partial charge in [0.15, 0.2) is 9.92 Å². The van der Waals surface area contributed by atoms with Crippen LogP contribution in [-0.4, -0.2) is 24.3 Å². The van der Waals surface area contributed by atoms with Gasteiger partial charge < -0.3 is 5.32 Å². The Labute approximate surface area is 141 Å². The molecule has 0 aliphatic heterocycles. The number of benzene rings is 2. The maximum Gasteiger partial charge on any atom is 0.350 e. The lowest BCUT2D eigenvalue weighted by atomic mass is 10.2. The monoisotopic (exact) mass is 351 g/mol. The molecule has 2 rings (SSSR count). The van der Waals surface area contributed by atoms with Crippen molar-refractivity contribution in [2.24, 2.45) is 4.36 Å². The van der Waals surface area contributed by atoms with Gasteiger partial charge in [-0.15, -0.1) is 4.36 Å². The second-order valence-corrected chi connectivity index (χ2v) is 7.56. The zero-order chi connectivity index (χ0) is 17.0. The van der Waals surface area contributed by atoms with Crippen molar-refractivity contribution in [2.75, 3.05) is 18.4 Å². The van der Waals surface area contributed by atoms with Gasteiger partial charge in [0.05, 0.1) is 10.6 Å². The molecule has 0 radical (unpaired) electrons. The summed E-state index contributed by atoms with van der Waals surface area (Å²) < 4.78 is 18.9. The maximum atomic E-state index is 13.5. The van der Waals surface area contributed by atoms with Gasteiger partial charge in [0, 0.05) is 19.1 Å². The molecule has 0 aliphatic rings. The van der Waals surface area contributed by atoms with Crippen LogP contribution in [0.2, 0.25) is 5.02 Å². The molecule has 23 heavy (non-hydrogen) atoms. The van der Waals surface area contributed by atoms with Crippen LogP contribution in [0.4, 0.5) is 10.5 Å². The van der Waals surface area contributed by atoms with Crippen LogP contribution in [0, 0.1) is 6.92 Å². The van der Waals surface area contributed by atoms with Crippen LogP contribution in [0.5, 0.6) is 0 Å². The molecule has 2 amide bonds. The predicted octanol–water partition coefficient (Wildman–Crippen LogP) is 3.87. The Hall–Kier alpha value is -2.05. The molecular formula is C16H18ClN3O2S. The number of carbonyl (C=O) groups excluding carboxylic acids is 1. The Balaban J connectivity index is 2.60. The molecule has 2 aromatic carbocycles. The van der Waals surface area contributed by atoms with Gasteiger partial charge in [-0.25, -0.2) is 9.00 Å². The van der Waals surface area contributed by atoms with E-state index in [1.807, 2.05) is 19.1 Å². The number of amides is 2. The molecule has 0 bridgehead atoms. The second kappa shape index (κ2) is 7.02. The molecule has 122 valence electrons. The lowest BCUT2D eigenvalue weighted by Crippen LogP contribution is -2.29. The fraction of sp³-hybridized carbons (Fsp3) is 0.188. The summed E-state index contributed by atoms with van der Waals surface area (Å²) >= 11 is 5.89. The smallest absolute Gasteiger partial charge is 0.339 e. The highest BCUT2D eigenvalue weighted by Gasteiger charge is 2.21. The van der Waals surface area contributed by atoms with Gasteiger partial charge in [0.2, 0.25) is 0 Å². The van der Waals surface area contributed by atoms with Crippen molar-refractivity contribution in [2.45, 2.75) is 11.8 Å². The number of hydrogen-bond acceptors (Lipinski definition) is 2. The van der Waals surface area contributed by atoms with Crippen LogP contribution < -0.4 is 9.62 Å². The highest BCUT2D eigenvalue weighted by atomic mass is 35.5. The Bertz CT molecular complexity index is 810. The van der Waals surface area contributed by atoms with E-state index in [0.717, 1.165) is 5.56 Å². The summed E-state index contributed by atoms with van der Waals surface area (Å²) in [6, 6.07) is 13.3. The van der Waals surface area contributed by atoms with Crippen LogP contribution in [-0.2, 0) is 9.92 Å². The standard InChI is InChI=1S/C16H18ClN3O2S/c1-12-4-10-15(11-5-12)23(22,19-16(21)18-2)20(3)14-8-6-13(17)7-9-14/h4-11H,1-3H3,(H,18,21). The fourth-order valence-electron chi connectivity index (χ4n) is 1.94. The van der Waals surface area contributed by atoms with Gasteiger partial charge >= 0.3 is 6.03 Å². The van der Waals surface area contributed by atoms with E-state index in [9.17, 15) is 9.00 Å². The normalized spacial score (nSPS) is 13.0. The van der Waals surface area contributed by atoms with Gasteiger partial charge in [-0.1, -0.05) is 29.3 Å². The molecule has 1 unspecified atom stereocenters. The van der Waals surface area contributed by atoms with E-state index < -0.39 is 15.9 Å². The van der Waals surface area contributed by atoms with E-state index in [2.05, 4.69) is 9.68 Å². The van der Waals surface area contributed by atoms with Crippen LogP contribution in [0.15, 0.2) is 57.8 Å². The van der Waals surface area contributed by atoms with Crippen molar-refractivity contribution in [3.05, 3.63) is 59.1 Å². The molecule has 5 nitrogen and oxygen atoms in total. The average molecular weight is 352 g/mol. The number of rotatable bonds is 3. The Morgan fingerprint density at radius 1 is 1.13 bits per heavy atom. The second-order valence-electron chi connectivity index (χ2n) is 4.93. The minimum absolute atomic E-state index is 0.462. The molecule has 0 saturated carbocycles. The Morgan fingerprint density at radius 3 is 2.22 bits per heavy atom. The van der Waals surface area contributed by atoms with E-state index in [-0.39, 0.29) is 0 Å². The third-order valence-corrected chi connectivity index (χ3v) is 5.81. The largest absolute Gasteiger partial charge is 0.350 e. The third kappa shape index (κ3) is 3.83. The molecule has 0 aliphatic carbocycles. The van der Waals surface area contributed by atoms with Crippen molar-refractivity contribution in [3.63, 3.8) is 0 Å². The van der Waals surface area contributed by atoms with E-state index in [4.69, 9.17) is 11.6 Å². The van der Waals surface area contributed by atoms with Crippen molar-refractivity contribution in [1.29, 1.82) is 0 Å². The lowest BCUT2D eigenvalue weighted by molar-refractivity contribution is 0.251.